The summed E-state index contributed by atoms with van der Waals surface area (Å²) in [4.78, 5) is 20.4. The van der Waals surface area contributed by atoms with Gasteiger partial charge in [0.1, 0.15) is 30.5 Å². The number of carbonyl (C=O) groups excluding carboxylic acids is 1. The number of anilines is 1. The van der Waals surface area contributed by atoms with Crippen LogP contribution in [0.5, 0.6) is 0 Å². The second-order valence-electron chi connectivity index (χ2n) is 6.35. The second kappa shape index (κ2) is 7.24. The van der Waals surface area contributed by atoms with E-state index in [2.05, 4.69) is 15.3 Å². The first-order chi connectivity index (χ1) is 13.5. The predicted molar refractivity (Wildman–Crippen MR) is 94.9 cm³/mol. The van der Waals surface area contributed by atoms with Gasteiger partial charge in [-0.3, -0.25) is 4.79 Å². The van der Waals surface area contributed by atoms with Crippen LogP contribution in [0, 0.1) is 5.82 Å². The van der Waals surface area contributed by atoms with Crippen molar-refractivity contribution in [3.63, 3.8) is 0 Å². The quantitative estimate of drug-likeness (QED) is 0.510. The first-order valence-electron chi connectivity index (χ1n) is 8.51. The minimum absolute atomic E-state index is 0.0400. The third kappa shape index (κ3) is 3.02. The van der Waals surface area contributed by atoms with Gasteiger partial charge in [0, 0.05) is 11.8 Å². The molecule has 0 saturated carbocycles. The van der Waals surface area contributed by atoms with Gasteiger partial charge in [-0.2, -0.15) is 0 Å². The monoisotopic (exact) mass is 388 g/mol. The zero-order chi connectivity index (χ0) is 19.8. The van der Waals surface area contributed by atoms with E-state index in [0.717, 1.165) is 12.5 Å². The lowest BCUT2D eigenvalue weighted by Gasteiger charge is -2.17. The lowest BCUT2D eigenvalue weighted by Crippen LogP contribution is -2.33. The number of aliphatic hydroxyl groups excluding tert-OH is 3. The smallest absolute Gasteiger partial charge is 0.256 e. The number of carbonyl (C=O) groups is 1. The highest BCUT2D eigenvalue weighted by Gasteiger charge is 2.44. The number of nitrogens with one attached hydrogen (secondary N) is 1. The normalized spacial score (nSPS) is 24.6. The molecule has 28 heavy (non-hydrogen) atoms. The first kappa shape index (κ1) is 18.4. The van der Waals surface area contributed by atoms with Crippen LogP contribution in [0.2, 0.25) is 0 Å². The van der Waals surface area contributed by atoms with Crippen molar-refractivity contribution in [2.75, 3.05) is 11.9 Å². The van der Waals surface area contributed by atoms with Crippen molar-refractivity contribution in [2.45, 2.75) is 24.5 Å². The number of rotatable bonds is 4. The summed E-state index contributed by atoms with van der Waals surface area (Å²) in [5.74, 6) is -1.25. The average Bonchev–Trinajstić information content (AvgIpc) is 3.20. The van der Waals surface area contributed by atoms with Gasteiger partial charge in [0.2, 0.25) is 0 Å². The number of nitrogens with zero attached hydrogens (tertiary/aromatic N) is 3. The number of ether oxygens (including phenoxy) is 1. The van der Waals surface area contributed by atoms with Gasteiger partial charge in [0.25, 0.3) is 5.91 Å². The molecule has 0 unspecified atom stereocenters. The van der Waals surface area contributed by atoms with Gasteiger partial charge in [-0.15, -0.1) is 0 Å². The highest BCUT2D eigenvalue weighted by molar-refractivity contribution is 6.07. The number of hydrogen-bond donors (Lipinski definition) is 4. The largest absolute Gasteiger partial charge is 0.394 e. The molecule has 1 fully saturated rings. The molecule has 10 heteroatoms. The molecule has 3 heterocycles. The molecule has 4 atom stereocenters. The maximum atomic E-state index is 14.7. The number of aromatic nitrogens is 3. The third-order valence-corrected chi connectivity index (χ3v) is 4.62. The first-order valence-corrected chi connectivity index (χ1v) is 8.51. The maximum absolute atomic E-state index is 14.7. The summed E-state index contributed by atoms with van der Waals surface area (Å²) >= 11 is 0. The maximum Gasteiger partial charge on any atom is 0.256 e. The number of fused-ring (bicyclic) bond motifs is 1. The van der Waals surface area contributed by atoms with E-state index in [1.54, 1.807) is 30.3 Å². The minimum atomic E-state index is -1.40. The summed E-state index contributed by atoms with van der Waals surface area (Å²) in [6, 6.07) is 8.37. The van der Waals surface area contributed by atoms with Gasteiger partial charge < -0.3 is 29.9 Å². The van der Waals surface area contributed by atoms with E-state index in [0.29, 0.717) is 5.56 Å². The minimum Gasteiger partial charge on any atom is -0.394 e. The highest BCUT2D eigenvalue weighted by atomic mass is 19.1. The standard InChI is InChI=1S/C18H17FN4O5/c19-10-6-23(18-14(26)13(25)11(7-24)28-18)16-12(10)15(20-8-21-16)22-17(27)9-4-2-1-3-5-9/h1-6,8,11,13-14,18,24-26H,7H2,(H,20,21,22,27)/t11-,13-,14-,18-/m1/s1. The van der Waals surface area contributed by atoms with Crippen LogP contribution in [0.15, 0.2) is 42.9 Å². The van der Waals surface area contributed by atoms with E-state index >= 15 is 0 Å². The summed E-state index contributed by atoms with van der Waals surface area (Å²) < 4.78 is 21.3. The van der Waals surface area contributed by atoms with E-state index in [1.165, 1.54) is 4.57 Å². The summed E-state index contributed by atoms with van der Waals surface area (Å²) in [5.41, 5.74) is 0.434. The lowest BCUT2D eigenvalue weighted by atomic mass is 10.1. The molecule has 0 radical (unpaired) electrons. The van der Waals surface area contributed by atoms with Crippen LogP contribution in [0.4, 0.5) is 10.2 Å². The van der Waals surface area contributed by atoms with Gasteiger partial charge in [0.15, 0.2) is 17.7 Å². The summed E-state index contributed by atoms with van der Waals surface area (Å²) in [6.45, 7) is -0.510. The van der Waals surface area contributed by atoms with Crippen LogP contribution in [-0.4, -0.2) is 60.7 Å². The molecule has 1 aliphatic heterocycles. The van der Waals surface area contributed by atoms with Crippen LogP contribution in [0.1, 0.15) is 16.6 Å². The van der Waals surface area contributed by atoms with Crippen LogP contribution >= 0.6 is 0 Å². The van der Waals surface area contributed by atoms with Gasteiger partial charge in [0.05, 0.1) is 12.0 Å². The van der Waals surface area contributed by atoms with Crippen molar-refractivity contribution < 1.29 is 29.2 Å². The fourth-order valence-corrected chi connectivity index (χ4v) is 3.21. The highest BCUT2D eigenvalue weighted by Crippen LogP contribution is 2.34. The Morgan fingerprint density at radius 3 is 2.64 bits per heavy atom. The van der Waals surface area contributed by atoms with Crippen molar-refractivity contribution >= 4 is 22.8 Å². The van der Waals surface area contributed by atoms with Gasteiger partial charge in [-0.05, 0) is 12.1 Å². The fourth-order valence-electron chi connectivity index (χ4n) is 3.21. The Hall–Kier alpha value is -2.92. The van der Waals surface area contributed by atoms with Crippen LogP contribution < -0.4 is 5.32 Å². The molecular weight excluding hydrogens is 371 g/mol. The van der Waals surface area contributed by atoms with E-state index < -0.39 is 42.9 Å². The van der Waals surface area contributed by atoms with Crippen molar-refractivity contribution in [1.29, 1.82) is 0 Å². The van der Waals surface area contributed by atoms with Gasteiger partial charge >= 0.3 is 0 Å². The van der Waals surface area contributed by atoms with Crippen LogP contribution in [-0.2, 0) is 4.74 Å². The summed E-state index contributed by atoms with van der Waals surface area (Å²) in [7, 11) is 0. The zero-order valence-electron chi connectivity index (χ0n) is 14.4. The topological polar surface area (TPSA) is 130 Å². The fraction of sp³-hybridized carbons (Fsp3) is 0.278. The molecule has 9 nitrogen and oxygen atoms in total. The Morgan fingerprint density at radius 1 is 1.21 bits per heavy atom. The van der Waals surface area contributed by atoms with E-state index in [4.69, 9.17) is 4.74 Å². The predicted octanol–water partition coefficient (Wildman–Crippen LogP) is 0.434. The van der Waals surface area contributed by atoms with E-state index in [9.17, 15) is 24.5 Å². The van der Waals surface area contributed by atoms with Crippen molar-refractivity contribution in [2.24, 2.45) is 0 Å². The summed E-state index contributed by atoms with van der Waals surface area (Å²) in [5, 5.41) is 31.9. The summed E-state index contributed by atoms with van der Waals surface area (Å²) in [6.07, 6.45) is -2.73. The van der Waals surface area contributed by atoms with Gasteiger partial charge in [-0.25, -0.2) is 14.4 Å². The SMILES string of the molecule is O=C(Nc1ncnc2c1c(F)cn2[C@@H]1O[C@H](CO)[C@@H](O)[C@H]1O)c1ccccc1. The Kier molecular flexibility index (Phi) is 4.77. The molecule has 0 aliphatic carbocycles. The zero-order valence-corrected chi connectivity index (χ0v) is 14.4. The Labute approximate surface area is 158 Å². The number of halogens is 1. The molecule has 1 aromatic carbocycles. The lowest BCUT2D eigenvalue weighted by molar-refractivity contribution is -0.0510. The van der Waals surface area contributed by atoms with E-state index in [1.807, 2.05) is 0 Å². The number of amides is 1. The molecule has 4 rings (SSSR count). The van der Waals surface area contributed by atoms with Crippen LogP contribution in [0.25, 0.3) is 11.0 Å². The molecule has 1 saturated heterocycles. The Bertz CT molecular complexity index is 1010. The molecule has 146 valence electrons. The Morgan fingerprint density at radius 2 is 1.96 bits per heavy atom. The number of benzene rings is 1. The second-order valence-corrected chi connectivity index (χ2v) is 6.35. The average molecular weight is 388 g/mol. The molecule has 3 aromatic rings. The van der Waals surface area contributed by atoms with Crippen molar-refractivity contribution in [3.05, 3.63) is 54.2 Å². The molecular formula is C18H17FN4O5. The number of hydrogen-bond acceptors (Lipinski definition) is 7. The molecule has 0 bridgehead atoms. The van der Waals surface area contributed by atoms with Crippen molar-refractivity contribution in [3.8, 4) is 0 Å². The van der Waals surface area contributed by atoms with Crippen molar-refractivity contribution in [1.82, 2.24) is 14.5 Å². The van der Waals surface area contributed by atoms with Crippen LogP contribution in [0.3, 0.4) is 0 Å². The molecule has 4 N–H and O–H groups in total. The van der Waals surface area contributed by atoms with Gasteiger partial charge in [-0.1, -0.05) is 18.2 Å². The number of aliphatic hydroxyl groups is 3. The Balaban J connectivity index is 1.71. The third-order valence-electron chi connectivity index (χ3n) is 4.62. The molecule has 0 spiro atoms. The molecule has 1 amide bonds. The molecule has 1 aliphatic rings. The van der Waals surface area contributed by atoms with E-state index in [-0.39, 0.29) is 16.9 Å². The molecule has 2 aromatic heterocycles.